The number of hydrogen-bond donors (Lipinski definition) is 0. The van der Waals surface area contributed by atoms with E-state index in [1.54, 1.807) is 17.4 Å². The normalized spacial score (nSPS) is 12.9. The zero-order valence-electron chi connectivity index (χ0n) is 8.51. The van der Waals surface area contributed by atoms with E-state index in [1.807, 2.05) is 35.7 Å². The summed E-state index contributed by atoms with van der Waals surface area (Å²) in [6, 6.07) is 9.82. The maximum Gasteiger partial charge on any atom is 0.206 e. The molecule has 0 atom stereocenters. The second-order valence-electron chi connectivity index (χ2n) is 3.39. The van der Waals surface area contributed by atoms with Gasteiger partial charge in [-0.15, -0.1) is 11.3 Å². The molecule has 0 N–H and O–H groups in total. The Morgan fingerprint density at radius 1 is 1.25 bits per heavy atom. The van der Waals surface area contributed by atoms with Crippen molar-refractivity contribution < 1.29 is 4.74 Å². The van der Waals surface area contributed by atoms with Crippen molar-refractivity contribution in [2.75, 3.05) is 0 Å². The topological polar surface area (TPSA) is 21.6 Å². The van der Waals surface area contributed by atoms with Crippen LogP contribution in [0.4, 0.5) is 5.69 Å². The summed E-state index contributed by atoms with van der Waals surface area (Å²) in [5.74, 6) is 0.836. The van der Waals surface area contributed by atoms with E-state index in [0.29, 0.717) is 0 Å². The molecule has 0 amide bonds. The van der Waals surface area contributed by atoms with Gasteiger partial charge in [0.25, 0.3) is 0 Å². The Balaban J connectivity index is 2.28. The van der Waals surface area contributed by atoms with Gasteiger partial charge >= 0.3 is 0 Å². The average Bonchev–Trinajstić information content (AvgIpc) is 2.68. The molecule has 3 rings (SSSR count). The summed E-state index contributed by atoms with van der Waals surface area (Å²) < 4.78 is 5.83. The third kappa shape index (κ3) is 1.37. The first kappa shape index (κ1) is 9.36. The van der Waals surface area contributed by atoms with Crippen LogP contribution in [0.3, 0.4) is 0 Å². The molecule has 0 radical (unpaired) electrons. The molecular weight excluding hydrogens is 218 g/mol. The molecule has 0 saturated carbocycles. The number of benzene rings is 1. The summed E-state index contributed by atoms with van der Waals surface area (Å²) in [4.78, 5) is 4.54. The predicted octanol–water partition coefficient (Wildman–Crippen LogP) is 4.16. The van der Waals surface area contributed by atoms with Crippen LogP contribution in [0.1, 0.15) is 5.56 Å². The fraction of sp³-hybridized carbons (Fsp3) is 0. The fourth-order valence-electron chi connectivity index (χ4n) is 1.66. The SMILES string of the molecule is C=CC1=Nc2ccsc2Oc2ccccc21. The molecule has 2 heterocycles. The van der Waals surface area contributed by atoms with Gasteiger partial charge in [0.1, 0.15) is 11.4 Å². The molecule has 16 heavy (non-hydrogen) atoms. The molecular formula is C13H9NOS. The van der Waals surface area contributed by atoms with Crippen molar-refractivity contribution in [1.82, 2.24) is 0 Å². The van der Waals surface area contributed by atoms with Crippen molar-refractivity contribution >= 4 is 22.7 Å². The molecule has 0 saturated heterocycles. The smallest absolute Gasteiger partial charge is 0.206 e. The molecule has 78 valence electrons. The number of fused-ring (bicyclic) bond motifs is 2. The first-order valence-electron chi connectivity index (χ1n) is 4.94. The predicted molar refractivity (Wildman–Crippen MR) is 67.2 cm³/mol. The zero-order valence-corrected chi connectivity index (χ0v) is 9.33. The van der Waals surface area contributed by atoms with Crippen LogP contribution < -0.4 is 4.74 Å². The van der Waals surface area contributed by atoms with Crippen LogP contribution in [0.2, 0.25) is 0 Å². The first-order chi connectivity index (χ1) is 7.88. The van der Waals surface area contributed by atoms with Gasteiger partial charge in [-0.25, -0.2) is 4.99 Å². The molecule has 1 aromatic carbocycles. The summed E-state index contributed by atoms with van der Waals surface area (Å²) in [5.41, 5.74) is 2.71. The van der Waals surface area contributed by atoms with E-state index < -0.39 is 0 Å². The maximum absolute atomic E-state index is 5.83. The van der Waals surface area contributed by atoms with Crippen LogP contribution in [0.25, 0.3) is 0 Å². The summed E-state index contributed by atoms with van der Waals surface area (Å²) in [5, 5.41) is 2.81. The molecule has 0 fully saturated rings. The quantitative estimate of drug-likeness (QED) is 0.716. The van der Waals surface area contributed by atoms with Crippen molar-refractivity contribution in [3.63, 3.8) is 0 Å². The minimum Gasteiger partial charge on any atom is -0.444 e. The number of ether oxygens (including phenoxy) is 1. The molecule has 2 aromatic rings. The van der Waals surface area contributed by atoms with Gasteiger partial charge in [0.2, 0.25) is 5.06 Å². The number of nitrogens with zero attached hydrogens (tertiary/aromatic N) is 1. The van der Waals surface area contributed by atoms with Crippen molar-refractivity contribution in [2.45, 2.75) is 0 Å². The molecule has 1 aromatic heterocycles. The van der Waals surface area contributed by atoms with Crippen LogP contribution >= 0.6 is 11.3 Å². The van der Waals surface area contributed by atoms with E-state index in [1.165, 1.54) is 0 Å². The lowest BCUT2D eigenvalue weighted by Gasteiger charge is -2.05. The van der Waals surface area contributed by atoms with Crippen LogP contribution in [0.5, 0.6) is 10.8 Å². The van der Waals surface area contributed by atoms with Crippen molar-refractivity contribution in [3.05, 3.63) is 53.9 Å². The number of hydrogen-bond acceptors (Lipinski definition) is 3. The highest BCUT2D eigenvalue weighted by Gasteiger charge is 2.16. The Morgan fingerprint density at radius 3 is 3.00 bits per heavy atom. The van der Waals surface area contributed by atoms with Crippen molar-refractivity contribution in [3.8, 4) is 10.8 Å². The number of thiophene rings is 1. The van der Waals surface area contributed by atoms with E-state index in [9.17, 15) is 0 Å². The molecule has 0 bridgehead atoms. The maximum atomic E-state index is 5.83. The molecule has 2 nitrogen and oxygen atoms in total. The highest BCUT2D eigenvalue weighted by Crippen LogP contribution is 2.41. The molecule has 3 heteroatoms. The van der Waals surface area contributed by atoms with Gasteiger partial charge in [-0.2, -0.15) is 0 Å². The number of aliphatic imine (C=N–C) groups is 1. The van der Waals surface area contributed by atoms with Crippen LogP contribution in [-0.4, -0.2) is 5.71 Å². The van der Waals surface area contributed by atoms with Gasteiger partial charge in [0, 0.05) is 5.56 Å². The van der Waals surface area contributed by atoms with Gasteiger partial charge in [-0.05, 0) is 29.7 Å². The van der Waals surface area contributed by atoms with Crippen molar-refractivity contribution in [2.24, 2.45) is 4.99 Å². The average molecular weight is 227 g/mol. The molecule has 1 aliphatic heterocycles. The lowest BCUT2D eigenvalue weighted by molar-refractivity contribution is 0.498. The van der Waals surface area contributed by atoms with Gasteiger partial charge in [0.15, 0.2) is 0 Å². The van der Waals surface area contributed by atoms with E-state index >= 15 is 0 Å². The van der Waals surface area contributed by atoms with Gasteiger partial charge in [0.05, 0.1) is 5.71 Å². The molecule has 0 aliphatic carbocycles. The van der Waals surface area contributed by atoms with E-state index in [0.717, 1.165) is 27.8 Å². The van der Waals surface area contributed by atoms with Crippen LogP contribution in [0.15, 0.2) is 53.4 Å². The second kappa shape index (κ2) is 3.61. The van der Waals surface area contributed by atoms with E-state index in [2.05, 4.69) is 11.6 Å². The fourth-order valence-corrected chi connectivity index (χ4v) is 2.35. The third-order valence-corrected chi connectivity index (χ3v) is 3.19. The van der Waals surface area contributed by atoms with Crippen molar-refractivity contribution in [1.29, 1.82) is 0 Å². The first-order valence-corrected chi connectivity index (χ1v) is 5.82. The number of allylic oxidation sites excluding steroid dienone is 1. The minimum atomic E-state index is 0.836. The monoisotopic (exact) mass is 227 g/mol. The second-order valence-corrected chi connectivity index (χ2v) is 4.27. The Labute approximate surface area is 97.5 Å². The zero-order chi connectivity index (χ0) is 11.0. The Kier molecular flexibility index (Phi) is 2.11. The van der Waals surface area contributed by atoms with E-state index in [4.69, 9.17) is 4.74 Å². The van der Waals surface area contributed by atoms with Gasteiger partial charge < -0.3 is 4.74 Å². The highest BCUT2D eigenvalue weighted by molar-refractivity contribution is 7.12. The Bertz CT molecular complexity index is 583. The number of para-hydroxylation sites is 1. The van der Waals surface area contributed by atoms with E-state index in [-0.39, 0.29) is 0 Å². The summed E-state index contributed by atoms with van der Waals surface area (Å²) >= 11 is 1.55. The van der Waals surface area contributed by atoms with Gasteiger partial charge in [-0.3, -0.25) is 0 Å². The lowest BCUT2D eigenvalue weighted by Crippen LogP contribution is -1.96. The molecule has 0 spiro atoms. The molecule has 1 aliphatic rings. The minimum absolute atomic E-state index is 0.836. The standard InChI is InChI=1S/C13H9NOS/c1-2-10-9-5-3-4-6-12(9)15-13-11(14-10)7-8-16-13/h2-8H,1H2. The summed E-state index contributed by atoms with van der Waals surface area (Å²) in [7, 11) is 0. The largest absolute Gasteiger partial charge is 0.444 e. The third-order valence-electron chi connectivity index (χ3n) is 2.41. The lowest BCUT2D eigenvalue weighted by atomic mass is 10.1. The van der Waals surface area contributed by atoms with Gasteiger partial charge in [-0.1, -0.05) is 18.7 Å². The molecule has 0 unspecified atom stereocenters. The van der Waals surface area contributed by atoms with Crippen LogP contribution in [-0.2, 0) is 0 Å². The van der Waals surface area contributed by atoms with Crippen LogP contribution in [0, 0.1) is 0 Å². The Hall–Kier alpha value is -1.87. The highest BCUT2D eigenvalue weighted by atomic mass is 32.1. The summed E-state index contributed by atoms with van der Waals surface area (Å²) in [6.45, 7) is 3.80. The summed E-state index contributed by atoms with van der Waals surface area (Å²) in [6.07, 6.45) is 1.76. The number of rotatable bonds is 1. The Morgan fingerprint density at radius 2 is 2.12 bits per heavy atom.